The standard InChI is InChI=1S/C19H26N4O2S/c1-3-8-20-10-13-6-5-7-14(9-13)25-17(4-2)22-19-21-16-12-26-11-15(16)18(24)23-19/h5-7,9,17,20H,3-4,8,10-12H2,1-2H3,(H2,21,22,23,24). The van der Waals surface area contributed by atoms with Gasteiger partial charge < -0.3 is 15.4 Å². The van der Waals surface area contributed by atoms with Crippen molar-refractivity contribution < 1.29 is 4.74 Å². The number of fused-ring (bicyclic) bond motifs is 1. The predicted octanol–water partition coefficient (Wildman–Crippen LogP) is 3.24. The SMILES string of the molecule is CCCNCc1cccc(OC(CC)Nc2nc3c(c(=O)[nH]2)CSC3)c1. The maximum absolute atomic E-state index is 12.1. The third-order valence-corrected chi connectivity index (χ3v) is 5.16. The van der Waals surface area contributed by atoms with E-state index in [-0.39, 0.29) is 11.8 Å². The Balaban J connectivity index is 1.66. The van der Waals surface area contributed by atoms with Crippen LogP contribution in [-0.2, 0) is 18.1 Å². The maximum Gasteiger partial charge on any atom is 0.256 e. The van der Waals surface area contributed by atoms with Gasteiger partial charge in [-0.3, -0.25) is 9.78 Å². The van der Waals surface area contributed by atoms with Gasteiger partial charge in [0.2, 0.25) is 5.95 Å². The van der Waals surface area contributed by atoms with Crippen molar-refractivity contribution in [2.24, 2.45) is 0 Å². The number of hydrogen-bond acceptors (Lipinski definition) is 6. The van der Waals surface area contributed by atoms with Crippen LogP contribution in [-0.4, -0.2) is 22.7 Å². The van der Waals surface area contributed by atoms with Crippen LogP contribution in [0.2, 0.25) is 0 Å². The normalized spacial score (nSPS) is 14.1. The number of ether oxygens (including phenoxy) is 1. The van der Waals surface area contributed by atoms with Crippen molar-refractivity contribution in [1.29, 1.82) is 0 Å². The molecule has 140 valence electrons. The Morgan fingerprint density at radius 2 is 2.23 bits per heavy atom. The average Bonchev–Trinajstić information content (AvgIpc) is 3.11. The molecule has 0 fully saturated rings. The fourth-order valence-electron chi connectivity index (χ4n) is 2.80. The molecular formula is C19H26N4O2S. The monoisotopic (exact) mass is 374 g/mol. The average molecular weight is 375 g/mol. The number of anilines is 1. The number of aromatic amines is 1. The second kappa shape index (κ2) is 9.09. The van der Waals surface area contributed by atoms with Crippen molar-refractivity contribution in [3.05, 3.63) is 51.4 Å². The summed E-state index contributed by atoms with van der Waals surface area (Å²) in [4.78, 5) is 19.5. The molecule has 26 heavy (non-hydrogen) atoms. The molecule has 1 atom stereocenters. The molecule has 0 bridgehead atoms. The largest absolute Gasteiger partial charge is 0.471 e. The highest BCUT2D eigenvalue weighted by Crippen LogP contribution is 2.26. The lowest BCUT2D eigenvalue weighted by molar-refractivity contribution is 0.224. The summed E-state index contributed by atoms with van der Waals surface area (Å²) >= 11 is 1.72. The molecule has 2 heterocycles. The van der Waals surface area contributed by atoms with E-state index >= 15 is 0 Å². The number of thioether (sulfide) groups is 1. The molecule has 1 aliphatic rings. The zero-order valence-electron chi connectivity index (χ0n) is 15.3. The van der Waals surface area contributed by atoms with E-state index in [0.29, 0.717) is 5.95 Å². The first-order chi connectivity index (χ1) is 12.7. The van der Waals surface area contributed by atoms with E-state index in [2.05, 4.69) is 33.6 Å². The predicted molar refractivity (Wildman–Crippen MR) is 107 cm³/mol. The van der Waals surface area contributed by atoms with Crippen LogP contribution in [0.25, 0.3) is 0 Å². The number of H-pyrrole nitrogens is 1. The summed E-state index contributed by atoms with van der Waals surface area (Å²) in [6, 6.07) is 8.07. The maximum atomic E-state index is 12.1. The lowest BCUT2D eigenvalue weighted by Crippen LogP contribution is -2.28. The number of nitrogens with one attached hydrogen (secondary N) is 3. The van der Waals surface area contributed by atoms with Crippen LogP contribution in [0, 0.1) is 0 Å². The second-order valence-electron chi connectivity index (χ2n) is 6.32. The zero-order chi connectivity index (χ0) is 18.4. The minimum atomic E-state index is -0.260. The summed E-state index contributed by atoms with van der Waals surface area (Å²) in [5.74, 6) is 2.81. The molecule has 0 saturated heterocycles. The molecule has 1 unspecified atom stereocenters. The quantitative estimate of drug-likeness (QED) is 0.462. The molecule has 3 N–H and O–H groups in total. The number of rotatable bonds is 9. The number of nitrogens with zero attached hydrogens (tertiary/aromatic N) is 1. The van der Waals surface area contributed by atoms with Gasteiger partial charge in [-0.25, -0.2) is 4.98 Å². The first-order valence-corrected chi connectivity index (χ1v) is 10.3. The summed E-state index contributed by atoms with van der Waals surface area (Å²) in [5.41, 5.74) is 2.80. The van der Waals surface area contributed by atoms with Crippen molar-refractivity contribution in [2.45, 2.75) is 51.0 Å². The summed E-state index contributed by atoms with van der Waals surface area (Å²) < 4.78 is 6.07. The van der Waals surface area contributed by atoms with Crippen molar-refractivity contribution >= 4 is 17.7 Å². The Hall–Kier alpha value is -1.99. The Morgan fingerprint density at radius 3 is 3.04 bits per heavy atom. The number of aromatic nitrogens is 2. The lowest BCUT2D eigenvalue weighted by atomic mass is 10.2. The molecule has 3 rings (SSSR count). The Labute approximate surface area is 158 Å². The van der Waals surface area contributed by atoms with E-state index in [0.717, 1.165) is 54.4 Å². The Morgan fingerprint density at radius 1 is 1.35 bits per heavy atom. The van der Waals surface area contributed by atoms with Crippen LogP contribution in [0.1, 0.15) is 43.5 Å². The van der Waals surface area contributed by atoms with Gasteiger partial charge >= 0.3 is 0 Å². The Kier molecular flexibility index (Phi) is 6.57. The fraction of sp³-hybridized carbons (Fsp3) is 0.474. The minimum Gasteiger partial charge on any atom is -0.471 e. The highest BCUT2D eigenvalue weighted by Gasteiger charge is 2.19. The van der Waals surface area contributed by atoms with Crippen LogP contribution in [0.15, 0.2) is 29.1 Å². The van der Waals surface area contributed by atoms with Crippen molar-refractivity contribution in [3.63, 3.8) is 0 Å². The first-order valence-electron chi connectivity index (χ1n) is 9.12. The van der Waals surface area contributed by atoms with Crippen LogP contribution in [0.5, 0.6) is 5.75 Å². The third kappa shape index (κ3) is 4.80. The van der Waals surface area contributed by atoms with Gasteiger partial charge in [-0.05, 0) is 30.7 Å². The molecule has 7 heteroatoms. The molecule has 0 saturated carbocycles. The van der Waals surface area contributed by atoms with E-state index in [9.17, 15) is 4.79 Å². The van der Waals surface area contributed by atoms with Gasteiger partial charge in [0.15, 0.2) is 6.23 Å². The molecule has 2 aromatic rings. The van der Waals surface area contributed by atoms with Crippen molar-refractivity contribution in [1.82, 2.24) is 15.3 Å². The minimum absolute atomic E-state index is 0.0543. The zero-order valence-corrected chi connectivity index (χ0v) is 16.1. The van der Waals surface area contributed by atoms with Gasteiger partial charge in [-0.15, -0.1) is 0 Å². The third-order valence-electron chi connectivity index (χ3n) is 4.19. The summed E-state index contributed by atoms with van der Waals surface area (Å²) in [7, 11) is 0. The molecule has 0 aliphatic carbocycles. The van der Waals surface area contributed by atoms with E-state index in [1.54, 1.807) is 11.8 Å². The van der Waals surface area contributed by atoms with Crippen LogP contribution < -0.4 is 20.9 Å². The van der Waals surface area contributed by atoms with E-state index < -0.39 is 0 Å². The van der Waals surface area contributed by atoms with Gasteiger partial charge in [0.25, 0.3) is 5.56 Å². The second-order valence-corrected chi connectivity index (χ2v) is 7.30. The molecule has 1 aromatic heterocycles. The lowest BCUT2D eigenvalue weighted by Gasteiger charge is -2.20. The van der Waals surface area contributed by atoms with E-state index in [1.165, 1.54) is 5.56 Å². The van der Waals surface area contributed by atoms with Crippen LogP contribution in [0.3, 0.4) is 0 Å². The first kappa shape index (κ1) is 18.8. The van der Waals surface area contributed by atoms with Crippen molar-refractivity contribution in [3.8, 4) is 5.75 Å². The van der Waals surface area contributed by atoms with Gasteiger partial charge in [0.05, 0.1) is 5.69 Å². The van der Waals surface area contributed by atoms with Gasteiger partial charge in [-0.2, -0.15) is 11.8 Å². The molecule has 0 radical (unpaired) electrons. The topological polar surface area (TPSA) is 79.0 Å². The molecule has 0 spiro atoms. The molecule has 1 aromatic carbocycles. The molecular weight excluding hydrogens is 348 g/mol. The molecule has 0 amide bonds. The van der Waals surface area contributed by atoms with Gasteiger partial charge in [0.1, 0.15) is 5.75 Å². The number of benzene rings is 1. The summed E-state index contributed by atoms with van der Waals surface area (Å²) in [5, 5.41) is 6.60. The van der Waals surface area contributed by atoms with Crippen molar-refractivity contribution in [2.75, 3.05) is 11.9 Å². The van der Waals surface area contributed by atoms with Gasteiger partial charge in [0, 0.05) is 30.0 Å². The summed E-state index contributed by atoms with van der Waals surface area (Å²) in [6.07, 6.45) is 1.60. The smallest absolute Gasteiger partial charge is 0.256 e. The molecule has 1 aliphatic heterocycles. The van der Waals surface area contributed by atoms with Gasteiger partial charge in [-0.1, -0.05) is 26.0 Å². The van der Waals surface area contributed by atoms with Crippen LogP contribution in [0.4, 0.5) is 5.95 Å². The van der Waals surface area contributed by atoms with E-state index in [1.807, 2.05) is 25.1 Å². The summed E-state index contributed by atoms with van der Waals surface area (Å²) in [6.45, 7) is 6.01. The Bertz CT molecular complexity index is 793. The highest BCUT2D eigenvalue weighted by atomic mass is 32.2. The van der Waals surface area contributed by atoms with E-state index in [4.69, 9.17) is 4.74 Å². The highest BCUT2D eigenvalue weighted by molar-refractivity contribution is 7.98. The fourth-order valence-corrected chi connectivity index (χ4v) is 3.84. The molecule has 6 nitrogen and oxygen atoms in total. The number of hydrogen-bond donors (Lipinski definition) is 3. The van der Waals surface area contributed by atoms with Crippen LogP contribution >= 0.6 is 11.8 Å².